The summed E-state index contributed by atoms with van der Waals surface area (Å²) in [6.45, 7) is 1.90. The molecule has 0 aliphatic carbocycles. The van der Waals surface area contributed by atoms with Gasteiger partial charge in [-0.1, -0.05) is 82.8 Å². The fourth-order valence-electron chi connectivity index (χ4n) is 3.25. The van der Waals surface area contributed by atoms with Crippen molar-refractivity contribution in [2.24, 2.45) is 0 Å². The molecule has 190 valence electrons. The molecule has 0 bridgehead atoms. The lowest BCUT2D eigenvalue weighted by Gasteiger charge is -2.28. The molecule has 0 atom stereocenters. The maximum Gasteiger partial charge on any atom is 0.270 e. The normalized spacial score (nSPS) is 11.7. The predicted molar refractivity (Wildman–Crippen MR) is 140 cm³/mol. The molecule has 0 N–H and O–H groups in total. The minimum absolute atomic E-state index is 0.263. The van der Waals surface area contributed by atoms with E-state index < -0.39 is 63.3 Å². The van der Waals surface area contributed by atoms with Gasteiger partial charge in [0.15, 0.2) is 0 Å². The van der Waals surface area contributed by atoms with Gasteiger partial charge in [-0.05, 0) is 24.3 Å². The van der Waals surface area contributed by atoms with E-state index in [0.717, 1.165) is 13.8 Å². The van der Waals surface area contributed by atoms with E-state index in [1.165, 1.54) is 48.5 Å². The molecule has 36 heavy (non-hydrogen) atoms. The largest absolute Gasteiger partial charge is 0.274 e. The summed E-state index contributed by atoms with van der Waals surface area (Å²) in [4.78, 5) is 24.6. The molecule has 8 nitrogen and oxygen atoms in total. The molecule has 3 aromatic carbocycles. The third kappa shape index (κ3) is 4.93. The molecule has 0 aliphatic heterocycles. The van der Waals surface area contributed by atoms with Crippen molar-refractivity contribution in [2.45, 2.75) is 23.6 Å². The zero-order valence-electron chi connectivity index (χ0n) is 18.4. The molecule has 3 rings (SSSR count). The van der Waals surface area contributed by atoms with Crippen LogP contribution in [0.5, 0.6) is 0 Å². The Kier molecular flexibility index (Phi) is 8.29. The van der Waals surface area contributed by atoms with Gasteiger partial charge in [0.1, 0.15) is 11.4 Å². The number of hydrogen-bond acceptors (Lipinski definition) is 6. The van der Waals surface area contributed by atoms with Crippen LogP contribution >= 0.6 is 46.4 Å². The minimum atomic E-state index is -4.55. The first-order valence-electron chi connectivity index (χ1n) is 9.82. The molecule has 0 radical (unpaired) electrons. The van der Waals surface area contributed by atoms with Crippen molar-refractivity contribution in [3.8, 4) is 0 Å². The molecule has 0 aromatic heterocycles. The lowest BCUT2D eigenvalue weighted by molar-refractivity contribution is -0.116. The summed E-state index contributed by atoms with van der Waals surface area (Å²) in [7, 11) is -9.11. The van der Waals surface area contributed by atoms with E-state index in [0.29, 0.717) is 8.61 Å². The van der Waals surface area contributed by atoms with Crippen LogP contribution in [0.1, 0.15) is 13.8 Å². The molecule has 3 aromatic rings. The summed E-state index contributed by atoms with van der Waals surface area (Å²) >= 11 is 25.5. The monoisotopic (exact) mass is 608 g/mol. The van der Waals surface area contributed by atoms with Gasteiger partial charge in [0.2, 0.25) is 11.8 Å². The number of amides is 2. The number of carbonyl (C=O) groups excluding carboxylic acids is 2. The molecule has 0 fully saturated rings. The van der Waals surface area contributed by atoms with Crippen LogP contribution in [0, 0.1) is 0 Å². The second kappa shape index (κ2) is 10.6. The molecule has 2 amide bonds. The Morgan fingerprint density at radius 1 is 0.556 bits per heavy atom. The highest BCUT2D eigenvalue weighted by Crippen LogP contribution is 2.52. The number of hydrogen-bond donors (Lipinski definition) is 0. The second-order valence-electron chi connectivity index (χ2n) is 7.16. The third-order valence-electron chi connectivity index (χ3n) is 4.76. The standard InChI is InChI=1S/C22H16Cl4N2O6S2/c1-13(29)27(35(31,32)15-9-5-3-6-10-15)21-17(23)19(25)22(20(26)18(21)24)28(14(2)30)36(33,34)16-11-7-4-8-12-16/h3-12H,1-2H3. The SMILES string of the molecule is CC(=O)N(c1c(Cl)c(Cl)c(N(C(C)=O)S(=O)(=O)c2ccccc2)c(Cl)c1Cl)S(=O)(=O)c1ccccc1. The molecular formula is C22H16Cl4N2O6S2. The van der Waals surface area contributed by atoms with Gasteiger partial charge in [-0.15, -0.1) is 0 Å². The highest BCUT2D eigenvalue weighted by molar-refractivity contribution is 7.94. The first-order chi connectivity index (χ1) is 16.7. The third-order valence-corrected chi connectivity index (χ3v) is 10.0. The molecular weight excluding hydrogens is 594 g/mol. The Bertz CT molecular complexity index is 1420. The van der Waals surface area contributed by atoms with Crippen LogP contribution in [0.15, 0.2) is 70.5 Å². The molecule has 0 unspecified atom stereocenters. The van der Waals surface area contributed by atoms with E-state index in [1.54, 1.807) is 12.1 Å². The summed E-state index contributed by atoms with van der Waals surface area (Å²) in [6, 6.07) is 13.9. The van der Waals surface area contributed by atoms with Crippen molar-refractivity contribution < 1.29 is 26.4 Å². The Hall–Kier alpha value is -2.34. The fraction of sp³-hybridized carbons (Fsp3) is 0.0909. The summed E-state index contributed by atoms with van der Waals surface area (Å²) in [6.07, 6.45) is 0. The maximum absolute atomic E-state index is 13.3. The smallest absolute Gasteiger partial charge is 0.270 e. The predicted octanol–water partition coefficient (Wildman–Crippen LogP) is 5.78. The highest BCUT2D eigenvalue weighted by atomic mass is 35.5. The van der Waals surface area contributed by atoms with E-state index >= 15 is 0 Å². The molecule has 0 saturated carbocycles. The van der Waals surface area contributed by atoms with Gasteiger partial charge in [-0.25, -0.2) is 16.8 Å². The topological polar surface area (TPSA) is 109 Å². The molecule has 14 heteroatoms. The van der Waals surface area contributed by atoms with Crippen molar-refractivity contribution in [1.29, 1.82) is 0 Å². The molecule has 0 spiro atoms. The Labute approximate surface area is 228 Å². The van der Waals surface area contributed by atoms with Crippen molar-refractivity contribution in [3.63, 3.8) is 0 Å². The van der Waals surface area contributed by atoms with Crippen molar-refractivity contribution in [3.05, 3.63) is 80.8 Å². The van der Waals surface area contributed by atoms with Gasteiger partial charge in [0, 0.05) is 13.8 Å². The van der Waals surface area contributed by atoms with Crippen molar-refractivity contribution in [1.82, 2.24) is 0 Å². The zero-order valence-corrected chi connectivity index (χ0v) is 23.1. The van der Waals surface area contributed by atoms with Gasteiger partial charge in [-0.2, -0.15) is 8.61 Å². The number of benzene rings is 3. The number of halogens is 4. The zero-order chi connectivity index (χ0) is 27.0. The van der Waals surface area contributed by atoms with Crippen LogP contribution in [-0.2, 0) is 29.6 Å². The summed E-state index contributed by atoms with van der Waals surface area (Å²) in [5, 5.41) is -2.48. The highest BCUT2D eigenvalue weighted by Gasteiger charge is 2.39. The lowest BCUT2D eigenvalue weighted by atomic mass is 10.2. The van der Waals surface area contributed by atoms with E-state index in [2.05, 4.69) is 0 Å². The average Bonchev–Trinajstić information content (AvgIpc) is 2.83. The number of sulfonamides is 2. The van der Waals surface area contributed by atoms with Crippen molar-refractivity contribution >= 4 is 89.6 Å². The minimum Gasteiger partial charge on any atom is -0.274 e. The average molecular weight is 610 g/mol. The summed E-state index contributed by atoms with van der Waals surface area (Å²) < 4.78 is 53.9. The number of rotatable bonds is 6. The number of anilines is 2. The Balaban J connectivity index is 2.34. The molecule has 0 saturated heterocycles. The van der Waals surface area contributed by atoms with Crippen molar-refractivity contribution in [2.75, 3.05) is 8.61 Å². The fourth-order valence-corrected chi connectivity index (χ4v) is 7.57. The van der Waals surface area contributed by atoms with Crippen LogP contribution in [0.2, 0.25) is 20.1 Å². The first-order valence-corrected chi connectivity index (χ1v) is 14.2. The lowest BCUT2D eigenvalue weighted by Crippen LogP contribution is -2.37. The molecule has 0 heterocycles. The van der Waals surface area contributed by atoms with Gasteiger partial charge < -0.3 is 0 Å². The summed E-state index contributed by atoms with van der Waals surface area (Å²) in [5.41, 5.74) is -1.21. The number of carbonyl (C=O) groups is 2. The van der Waals surface area contributed by atoms with Crippen LogP contribution in [0.25, 0.3) is 0 Å². The maximum atomic E-state index is 13.3. The van der Waals surface area contributed by atoms with E-state index in [1.807, 2.05) is 0 Å². The van der Waals surface area contributed by atoms with Gasteiger partial charge >= 0.3 is 0 Å². The second-order valence-corrected chi connectivity index (χ2v) is 12.2. The van der Waals surface area contributed by atoms with Crippen LogP contribution < -0.4 is 8.61 Å². The van der Waals surface area contributed by atoms with Crippen LogP contribution in [0.4, 0.5) is 11.4 Å². The Morgan fingerprint density at radius 2 is 0.806 bits per heavy atom. The number of nitrogens with zero attached hydrogens (tertiary/aromatic N) is 2. The van der Waals surface area contributed by atoms with Gasteiger partial charge in [0.25, 0.3) is 20.0 Å². The Morgan fingerprint density at radius 3 is 1.03 bits per heavy atom. The van der Waals surface area contributed by atoms with E-state index in [-0.39, 0.29) is 9.79 Å². The van der Waals surface area contributed by atoms with Gasteiger partial charge in [-0.3, -0.25) is 9.59 Å². The van der Waals surface area contributed by atoms with E-state index in [4.69, 9.17) is 46.4 Å². The quantitative estimate of drug-likeness (QED) is 0.328. The van der Waals surface area contributed by atoms with E-state index in [9.17, 15) is 26.4 Å². The summed E-state index contributed by atoms with van der Waals surface area (Å²) in [5.74, 6) is -2.02. The first kappa shape index (κ1) is 28.2. The van der Waals surface area contributed by atoms with Crippen LogP contribution in [0.3, 0.4) is 0 Å². The van der Waals surface area contributed by atoms with Crippen LogP contribution in [-0.4, -0.2) is 28.6 Å². The van der Waals surface area contributed by atoms with Gasteiger partial charge in [0.05, 0.1) is 29.9 Å². The molecule has 0 aliphatic rings.